The third-order valence-corrected chi connectivity index (χ3v) is 6.65. The SMILES string of the molecule is Cc1nc(CC(c2cn[nH]c2)N2CCN(c3nccnc3-c3ccc(F)cc3)CC2)cs1. The van der Waals surface area contributed by atoms with Crippen LogP contribution in [0.25, 0.3) is 11.3 Å². The maximum Gasteiger partial charge on any atom is 0.155 e. The molecule has 1 fully saturated rings. The van der Waals surface area contributed by atoms with E-state index in [1.807, 2.05) is 19.3 Å². The van der Waals surface area contributed by atoms with E-state index in [1.54, 1.807) is 35.9 Å². The first kappa shape index (κ1) is 20.7. The molecule has 1 aliphatic heterocycles. The van der Waals surface area contributed by atoms with Crippen LogP contribution in [0.2, 0.25) is 0 Å². The lowest BCUT2D eigenvalue weighted by Crippen LogP contribution is -2.48. The summed E-state index contributed by atoms with van der Waals surface area (Å²) >= 11 is 1.69. The van der Waals surface area contributed by atoms with E-state index >= 15 is 0 Å². The third-order valence-electron chi connectivity index (χ3n) is 5.82. The average Bonchev–Trinajstić information content (AvgIpc) is 3.50. The van der Waals surface area contributed by atoms with Crippen LogP contribution in [0, 0.1) is 12.7 Å². The highest BCUT2D eigenvalue weighted by Gasteiger charge is 2.28. The summed E-state index contributed by atoms with van der Waals surface area (Å²) in [5.41, 5.74) is 3.95. The molecule has 0 saturated carbocycles. The van der Waals surface area contributed by atoms with Crippen molar-refractivity contribution in [2.24, 2.45) is 0 Å². The monoisotopic (exact) mass is 449 g/mol. The second-order valence-electron chi connectivity index (χ2n) is 7.87. The molecule has 1 saturated heterocycles. The van der Waals surface area contributed by atoms with Crippen molar-refractivity contribution in [2.75, 3.05) is 31.1 Å². The van der Waals surface area contributed by atoms with Gasteiger partial charge in [0.15, 0.2) is 5.82 Å². The zero-order chi connectivity index (χ0) is 21.9. The van der Waals surface area contributed by atoms with Crippen LogP contribution in [0.15, 0.2) is 54.4 Å². The minimum absolute atomic E-state index is 0.218. The Hall–Kier alpha value is -3.17. The number of halogens is 1. The molecule has 0 aliphatic carbocycles. The van der Waals surface area contributed by atoms with Crippen molar-refractivity contribution in [3.8, 4) is 11.3 Å². The van der Waals surface area contributed by atoms with Gasteiger partial charge in [0, 0.05) is 73.7 Å². The fourth-order valence-corrected chi connectivity index (χ4v) is 4.85. The lowest BCUT2D eigenvalue weighted by Gasteiger charge is -2.39. The summed E-state index contributed by atoms with van der Waals surface area (Å²) in [6, 6.07) is 6.65. The van der Waals surface area contributed by atoms with Crippen LogP contribution >= 0.6 is 11.3 Å². The topological polar surface area (TPSA) is 73.8 Å². The van der Waals surface area contributed by atoms with Crippen molar-refractivity contribution in [1.29, 1.82) is 0 Å². The number of nitrogens with zero attached hydrogens (tertiary/aromatic N) is 6. The lowest BCUT2D eigenvalue weighted by molar-refractivity contribution is 0.183. The second kappa shape index (κ2) is 9.13. The fraction of sp³-hybridized carbons (Fsp3) is 0.304. The van der Waals surface area contributed by atoms with E-state index in [0.717, 1.165) is 60.4 Å². The van der Waals surface area contributed by atoms with Crippen LogP contribution < -0.4 is 4.90 Å². The maximum atomic E-state index is 13.4. The van der Waals surface area contributed by atoms with Gasteiger partial charge in [-0.15, -0.1) is 11.3 Å². The summed E-state index contributed by atoms with van der Waals surface area (Å²) in [5.74, 6) is 0.585. The van der Waals surface area contributed by atoms with Gasteiger partial charge in [0.25, 0.3) is 0 Å². The molecule has 1 unspecified atom stereocenters. The first-order valence-corrected chi connectivity index (χ1v) is 11.5. The van der Waals surface area contributed by atoms with Crippen molar-refractivity contribution >= 4 is 17.2 Å². The predicted octanol–water partition coefficient (Wildman–Crippen LogP) is 3.88. The van der Waals surface area contributed by atoms with Gasteiger partial charge in [-0.2, -0.15) is 5.10 Å². The van der Waals surface area contributed by atoms with E-state index in [-0.39, 0.29) is 11.9 Å². The van der Waals surface area contributed by atoms with Crippen molar-refractivity contribution in [2.45, 2.75) is 19.4 Å². The Morgan fingerprint density at radius 1 is 1.09 bits per heavy atom. The number of nitrogens with one attached hydrogen (secondary N) is 1. The average molecular weight is 450 g/mol. The van der Waals surface area contributed by atoms with Crippen molar-refractivity contribution < 1.29 is 4.39 Å². The summed E-state index contributed by atoms with van der Waals surface area (Å²) in [5, 5.41) is 10.4. The van der Waals surface area contributed by atoms with Crippen LogP contribution in [0.5, 0.6) is 0 Å². The first-order valence-electron chi connectivity index (χ1n) is 10.6. The zero-order valence-corrected chi connectivity index (χ0v) is 18.6. The van der Waals surface area contributed by atoms with Gasteiger partial charge in [0.1, 0.15) is 11.5 Å². The molecule has 4 heterocycles. The van der Waals surface area contributed by atoms with Gasteiger partial charge >= 0.3 is 0 Å². The van der Waals surface area contributed by atoms with Gasteiger partial charge in [0.2, 0.25) is 0 Å². The highest BCUT2D eigenvalue weighted by molar-refractivity contribution is 7.09. The molecule has 1 atom stereocenters. The number of hydrogen-bond acceptors (Lipinski definition) is 7. The summed E-state index contributed by atoms with van der Waals surface area (Å²) < 4.78 is 13.4. The number of H-pyrrole nitrogens is 1. The standard InChI is InChI=1S/C23H24FN7S/c1-16-29-20(15-32-16)12-21(18-13-27-28-14-18)30-8-10-31(11-9-30)23-22(25-6-7-26-23)17-2-4-19(24)5-3-17/h2-7,13-15,21H,8-12H2,1H3,(H,27,28). The van der Waals surface area contributed by atoms with E-state index in [0.29, 0.717) is 0 Å². The van der Waals surface area contributed by atoms with E-state index in [4.69, 9.17) is 0 Å². The molecule has 0 amide bonds. The lowest BCUT2D eigenvalue weighted by atomic mass is 10.0. The number of rotatable bonds is 6. The van der Waals surface area contributed by atoms with E-state index in [2.05, 4.69) is 40.3 Å². The van der Waals surface area contributed by atoms with Crippen molar-refractivity contribution in [3.63, 3.8) is 0 Å². The summed E-state index contributed by atoms with van der Waals surface area (Å²) in [6.07, 6.45) is 8.14. The maximum absolute atomic E-state index is 13.4. The molecule has 4 aromatic rings. The summed E-state index contributed by atoms with van der Waals surface area (Å²) in [4.78, 5) is 18.6. The van der Waals surface area contributed by atoms with E-state index in [1.165, 1.54) is 17.7 Å². The van der Waals surface area contributed by atoms with E-state index in [9.17, 15) is 4.39 Å². The zero-order valence-electron chi connectivity index (χ0n) is 17.8. The molecule has 164 valence electrons. The number of anilines is 1. The van der Waals surface area contributed by atoms with Gasteiger partial charge in [-0.25, -0.2) is 14.4 Å². The molecule has 0 spiro atoms. The number of aromatic amines is 1. The number of aryl methyl sites for hydroxylation is 1. The van der Waals surface area contributed by atoms with E-state index < -0.39 is 0 Å². The molecule has 5 rings (SSSR count). The molecular formula is C23H24FN7S. The smallest absolute Gasteiger partial charge is 0.155 e. The van der Waals surface area contributed by atoms with Gasteiger partial charge in [0.05, 0.1) is 16.9 Å². The van der Waals surface area contributed by atoms with Gasteiger partial charge in [-0.3, -0.25) is 15.0 Å². The van der Waals surface area contributed by atoms with Crippen LogP contribution in [0.1, 0.15) is 22.3 Å². The minimum Gasteiger partial charge on any atom is -0.352 e. The quantitative estimate of drug-likeness (QED) is 0.482. The van der Waals surface area contributed by atoms with Gasteiger partial charge in [-0.1, -0.05) is 0 Å². The van der Waals surface area contributed by atoms with Crippen LogP contribution in [0.3, 0.4) is 0 Å². The molecule has 3 aromatic heterocycles. The fourth-order valence-electron chi connectivity index (χ4n) is 4.22. The van der Waals surface area contributed by atoms with Crippen LogP contribution in [0.4, 0.5) is 10.2 Å². The third kappa shape index (κ3) is 4.39. The second-order valence-corrected chi connectivity index (χ2v) is 8.93. The molecule has 0 bridgehead atoms. The Labute approximate surface area is 190 Å². The Balaban J connectivity index is 1.34. The minimum atomic E-state index is -0.256. The number of piperazine rings is 1. The normalized spacial score (nSPS) is 15.8. The number of aromatic nitrogens is 5. The highest BCUT2D eigenvalue weighted by Crippen LogP contribution is 2.30. The largest absolute Gasteiger partial charge is 0.352 e. The van der Waals surface area contributed by atoms with Crippen LogP contribution in [-0.4, -0.2) is 56.2 Å². The molecule has 1 aliphatic rings. The van der Waals surface area contributed by atoms with Crippen molar-refractivity contribution in [3.05, 3.63) is 76.5 Å². The molecule has 7 nitrogen and oxygen atoms in total. The molecule has 32 heavy (non-hydrogen) atoms. The molecule has 0 radical (unpaired) electrons. The Kier molecular flexibility index (Phi) is 5.91. The molecular weight excluding hydrogens is 425 g/mol. The van der Waals surface area contributed by atoms with Crippen LogP contribution in [-0.2, 0) is 6.42 Å². The molecule has 9 heteroatoms. The Morgan fingerprint density at radius 3 is 2.56 bits per heavy atom. The highest BCUT2D eigenvalue weighted by atomic mass is 32.1. The molecule has 1 N–H and O–H groups in total. The Bertz CT molecular complexity index is 1150. The van der Waals surface area contributed by atoms with Crippen molar-refractivity contribution in [1.82, 2.24) is 30.0 Å². The predicted molar refractivity (Wildman–Crippen MR) is 123 cm³/mol. The molecule has 1 aromatic carbocycles. The number of hydrogen-bond donors (Lipinski definition) is 1. The Morgan fingerprint density at radius 2 is 1.88 bits per heavy atom. The number of benzene rings is 1. The summed E-state index contributed by atoms with van der Waals surface area (Å²) in [7, 11) is 0. The number of thiazole rings is 1. The first-order chi connectivity index (χ1) is 15.7. The van der Waals surface area contributed by atoms with Gasteiger partial charge < -0.3 is 4.90 Å². The summed E-state index contributed by atoms with van der Waals surface area (Å²) in [6.45, 7) is 5.48. The van der Waals surface area contributed by atoms with Gasteiger partial charge in [-0.05, 0) is 31.2 Å².